The van der Waals surface area contributed by atoms with Gasteiger partial charge >= 0.3 is 0 Å². The normalized spacial score (nSPS) is 14.1. The van der Waals surface area contributed by atoms with E-state index in [1.807, 2.05) is 27.2 Å². The lowest BCUT2D eigenvalue weighted by Crippen LogP contribution is -2.45. The lowest BCUT2D eigenvalue weighted by Gasteiger charge is -2.29. The number of aliphatic hydroxyl groups is 1. The number of carbonyl (C=O) groups excluding carboxylic acids is 1. The second kappa shape index (κ2) is 53.5. The van der Waals surface area contributed by atoms with E-state index < -0.39 is 26.6 Å². The van der Waals surface area contributed by atoms with Gasteiger partial charge in [-0.15, -0.1) is 0 Å². The fourth-order valence-electron chi connectivity index (χ4n) is 9.23. The Morgan fingerprint density at radius 1 is 0.479 bits per heavy atom. The van der Waals surface area contributed by atoms with Gasteiger partial charge in [0.15, 0.2) is 0 Å². The number of hydrogen-bond donors (Lipinski definition) is 2. The van der Waals surface area contributed by atoms with Crippen molar-refractivity contribution in [2.45, 2.75) is 315 Å². The first kappa shape index (κ1) is 69.7. The van der Waals surface area contributed by atoms with Gasteiger partial charge in [-0.2, -0.15) is 0 Å². The minimum atomic E-state index is -4.61. The average molecular weight is 1020 g/mol. The number of allylic oxidation sites excluding steroid dienone is 5. The summed E-state index contributed by atoms with van der Waals surface area (Å²) >= 11 is 0. The van der Waals surface area contributed by atoms with Crippen LogP contribution in [-0.2, 0) is 18.4 Å². The lowest BCUT2D eigenvalue weighted by molar-refractivity contribution is -0.870. The van der Waals surface area contributed by atoms with Crippen LogP contribution < -0.4 is 10.2 Å². The summed E-state index contributed by atoms with van der Waals surface area (Å²) in [6.07, 6.45) is 69.5. The zero-order valence-electron chi connectivity index (χ0n) is 47.9. The first-order valence-electron chi connectivity index (χ1n) is 30.9. The number of unbranched alkanes of at least 4 members (excludes halogenated alkanes) is 40. The van der Waals surface area contributed by atoms with Crippen LogP contribution in [0.4, 0.5) is 0 Å². The largest absolute Gasteiger partial charge is 0.756 e. The van der Waals surface area contributed by atoms with Gasteiger partial charge in [-0.05, 0) is 57.8 Å². The van der Waals surface area contributed by atoms with Gasteiger partial charge in [-0.25, -0.2) is 0 Å². The SMILES string of the molecule is CCCCCCCCCC/C=C\CCCCCCCCCCCCCC(=O)NC(COP(=O)([O-])OCC[N+](C)(C)C)C(O)/C=C/CC/C=C/CCCCCCCCCCCCCCCCCCCCCC. The first-order chi connectivity index (χ1) is 34.5. The van der Waals surface area contributed by atoms with E-state index >= 15 is 0 Å². The summed E-state index contributed by atoms with van der Waals surface area (Å²) in [7, 11) is 1.25. The van der Waals surface area contributed by atoms with Gasteiger partial charge in [0, 0.05) is 6.42 Å². The van der Waals surface area contributed by atoms with E-state index in [-0.39, 0.29) is 12.5 Å². The van der Waals surface area contributed by atoms with Gasteiger partial charge in [-0.3, -0.25) is 9.36 Å². The van der Waals surface area contributed by atoms with E-state index in [4.69, 9.17) is 9.05 Å². The van der Waals surface area contributed by atoms with Crippen LogP contribution in [0.5, 0.6) is 0 Å². The van der Waals surface area contributed by atoms with Crippen molar-refractivity contribution in [3.8, 4) is 0 Å². The highest BCUT2D eigenvalue weighted by atomic mass is 31.2. The number of nitrogens with one attached hydrogen (secondary N) is 1. The number of nitrogens with zero attached hydrogens (tertiary/aromatic N) is 1. The van der Waals surface area contributed by atoms with Crippen molar-refractivity contribution in [1.29, 1.82) is 0 Å². The Balaban J connectivity index is 4.20. The summed E-state index contributed by atoms with van der Waals surface area (Å²) in [5, 5.41) is 13.9. The Morgan fingerprint density at radius 2 is 0.789 bits per heavy atom. The molecule has 0 aliphatic rings. The summed E-state index contributed by atoms with van der Waals surface area (Å²) in [4.78, 5) is 25.5. The Kier molecular flexibility index (Phi) is 52.6. The van der Waals surface area contributed by atoms with E-state index in [0.717, 1.165) is 38.5 Å². The van der Waals surface area contributed by atoms with Crippen LogP contribution >= 0.6 is 7.82 Å². The summed E-state index contributed by atoms with van der Waals surface area (Å²) in [6.45, 7) is 4.67. The molecule has 0 aliphatic carbocycles. The Morgan fingerprint density at radius 3 is 1.14 bits per heavy atom. The number of carbonyl (C=O) groups is 1. The minimum Gasteiger partial charge on any atom is -0.756 e. The zero-order valence-corrected chi connectivity index (χ0v) is 48.8. The molecule has 0 radical (unpaired) electrons. The fraction of sp³-hybridized carbons (Fsp3) is 0.887. The van der Waals surface area contributed by atoms with Crippen molar-refractivity contribution in [3.05, 3.63) is 36.5 Å². The van der Waals surface area contributed by atoms with Gasteiger partial charge in [0.2, 0.25) is 5.91 Å². The molecule has 0 spiro atoms. The van der Waals surface area contributed by atoms with Crippen LogP contribution in [0.25, 0.3) is 0 Å². The Labute approximate surface area is 442 Å². The smallest absolute Gasteiger partial charge is 0.268 e. The molecule has 3 unspecified atom stereocenters. The summed E-state index contributed by atoms with van der Waals surface area (Å²) in [5.74, 6) is -0.204. The van der Waals surface area contributed by atoms with Crippen molar-refractivity contribution >= 4 is 13.7 Å². The number of phosphoric ester groups is 1. The molecule has 2 N–H and O–H groups in total. The maximum Gasteiger partial charge on any atom is 0.268 e. The van der Waals surface area contributed by atoms with Crippen molar-refractivity contribution in [2.24, 2.45) is 0 Å². The standard InChI is InChI=1S/C62H121N2O6P/c1-6-8-10-12-14-16-18-20-22-24-26-28-30-31-32-34-35-37-39-41-43-45-47-49-51-53-55-61(65)60(59-70-71(67,68)69-58-57-64(3,4)5)63-62(66)56-54-52-50-48-46-44-42-40-38-36-33-29-27-25-23-21-19-17-15-13-11-9-7-2/h25,27,45,47,53,55,60-61,65H,6-24,26,28-44,46,48-52,54,56-59H2,1-5H3,(H-,63,66,67,68)/b27-25-,47-45+,55-53+. The predicted octanol–water partition coefficient (Wildman–Crippen LogP) is 18.3. The Bertz CT molecular complexity index is 1250. The third-order valence-electron chi connectivity index (χ3n) is 14.1. The van der Waals surface area contributed by atoms with Gasteiger partial charge in [-0.1, -0.05) is 275 Å². The molecular weight excluding hydrogens is 900 g/mol. The molecule has 0 fully saturated rings. The number of phosphoric acid groups is 1. The van der Waals surface area contributed by atoms with Crippen molar-refractivity contribution in [2.75, 3.05) is 40.9 Å². The molecule has 0 bridgehead atoms. The summed E-state index contributed by atoms with van der Waals surface area (Å²) in [5.41, 5.74) is 0. The lowest BCUT2D eigenvalue weighted by atomic mass is 10.0. The minimum absolute atomic E-state index is 0.00555. The maximum absolute atomic E-state index is 13.0. The highest BCUT2D eigenvalue weighted by Crippen LogP contribution is 2.38. The van der Waals surface area contributed by atoms with Gasteiger partial charge in [0.05, 0.1) is 39.9 Å². The van der Waals surface area contributed by atoms with E-state index in [9.17, 15) is 19.4 Å². The highest BCUT2D eigenvalue weighted by molar-refractivity contribution is 7.45. The molecule has 0 rings (SSSR count). The molecule has 8 nitrogen and oxygen atoms in total. The fourth-order valence-corrected chi connectivity index (χ4v) is 9.95. The molecule has 0 aromatic rings. The Hall–Kier alpha value is -1.28. The van der Waals surface area contributed by atoms with E-state index in [0.29, 0.717) is 17.4 Å². The van der Waals surface area contributed by atoms with E-state index in [2.05, 4.69) is 43.5 Å². The highest BCUT2D eigenvalue weighted by Gasteiger charge is 2.23. The second-order valence-corrected chi connectivity index (χ2v) is 23.8. The van der Waals surface area contributed by atoms with Gasteiger partial charge in [0.1, 0.15) is 13.2 Å². The van der Waals surface area contributed by atoms with Crippen molar-refractivity contribution < 1.29 is 32.9 Å². The number of rotatable bonds is 57. The quantitative estimate of drug-likeness (QED) is 0.0272. The summed E-state index contributed by atoms with van der Waals surface area (Å²) < 4.78 is 23.4. The molecular formula is C62H121N2O6P. The van der Waals surface area contributed by atoms with Crippen molar-refractivity contribution in [3.63, 3.8) is 0 Å². The number of likely N-dealkylation sites (N-methyl/N-ethyl adjacent to an activating group) is 1. The van der Waals surface area contributed by atoms with Crippen LogP contribution in [-0.4, -0.2) is 68.5 Å². The van der Waals surface area contributed by atoms with Crippen LogP contribution in [0.2, 0.25) is 0 Å². The molecule has 9 heteroatoms. The molecule has 420 valence electrons. The number of aliphatic hydroxyl groups excluding tert-OH is 1. The topological polar surface area (TPSA) is 108 Å². The summed E-state index contributed by atoms with van der Waals surface area (Å²) in [6, 6.07) is -0.904. The van der Waals surface area contributed by atoms with Crippen LogP contribution in [0, 0.1) is 0 Å². The molecule has 0 aromatic carbocycles. The molecule has 0 saturated carbocycles. The number of quaternary nitrogens is 1. The molecule has 0 heterocycles. The third kappa shape index (κ3) is 56.3. The third-order valence-corrected chi connectivity index (χ3v) is 15.0. The van der Waals surface area contributed by atoms with Crippen LogP contribution in [0.1, 0.15) is 303 Å². The maximum atomic E-state index is 13.0. The predicted molar refractivity (Wildman–Crippen MR) is 307 cm³/mol. The van der Waals surface area contributed by atoms with Crippen molar-refractivity contribution in [1.82, 2.24) is 5.32 Å². The first-order valence-corrected chi connectivity index (χ1v) is 32.3. The zero-order chi connectivity index (χ0) is 52.0. The molecule has 1 amide bonds. The second-order valence-electron chi connectivity index (χ2n) is 22.4. The van der Waals surface area contributed by atoms with Crippen LogP contribution in [0.3, 0.4) is 0 Å². The molecule has 0 aromatic heterocycles. The molecule has 3 atom stereocenters. The molecule has 0 saturated heterocycles. The van der Waals surface area contributed by atoms with E-state index in [1.165, 1.54) is 244 Å². The average Bonchev–Trinajstić information content (AvgIpc) is 3.33. The monoisotopic (exact) mass is 1020 g/mol. The van der Waals surface area contributed by atoms with E-state index in [1.54, 1.807) is 6.08 Å². The molecule has 0 aliphatic heterocycles. The van der Waals surface area contributed by atoms with Crippen LogP contribution in [0.15, 0.2) is 36.5 Å². The van der Waals surface area contributed by atoms with Gasteiger partial charge in [0.25, 0.3) is 7.82 Å². The molecule has 71 heavy (non-hydrogen) atoms. The number of hydrogen-bond acceptors (Lipinski definition) is 6. The van der Waals surface area contributed by atoms with Gasteiger partial charge < -0.3 is 28.8 Å². The number of amides is 1.